The van der Waals surface area contributed by atoms with Crippen molar-refractivity contribution in [2.45, 2.75) is 32.3 Å². The van der Waals surface area contributed by atoms with Gasteiger partial charge in [0, 0.05) is 32.0 Å². The lowest BCUT2D eigenvalue weighted by molar-refractivity contribution is 0.0350. The van der Waals surface area contributed by atoms with Gasteiger partial charge in [0.15, 0.2) is 11.5 Å². The van der Waals surface area contributed by atoms with Crippen LogP contribution in [0.15, 0.2) is 18.6 Å². The Morgan fingerprint density at radius 2 is 2.15 bits per heavy atom. The van der Waals surface area contributed by atoms with Crippen molar-refractivity contribution in [3.05, 3.63) is 18.6 Å². The summed E-state index contributed by atoms with van der Waals surface area (Å²) in [6.07, 6.45) is 7.19. The van der Waals surface area contributed by atoms with Gasteiger partial charge in [-0.05, 0) is 26.7 Å². The van der Waals surface area contributed by atoms with Crippen molar-refractivity contribution in [2.24, 2.45) is 0 Å². The number of fused-ring (bicyclic) bond motifs is 1. The Morgan fingerprint density at radius 3 is 2.85 bits per heavy atom. The fourth-order valence-corrected chi connectivity index (χ4v) is 2.59. The Bertz CT molecular complexity index is 597. The number of nitrogens with zero attached hydrogens (tertiary/aromatic N) is 4. The van der Waals surface area contributed by atoms with Gasteiger partial charge in [-0.3, -0.25) is 0 Å². The van der Waals surface area contributed by atoms with Crippen LogP contribution in [-0.4, -0.2) is 44.7 Å². The molecule has 1 aliphatic heterocycles. The molecule has 0 saturated carbocycles. The molecule has 0 bridgehead atoms. The zero-order valence-electron chi connectivity index (χ0n) is 12.0. The minimum Gasteiger partial charge on any atom is -0.390 e. The van der Waals surface area contributed by atoms with Gasteiger partial charge < -0.3 is 19.7 Å². The molecule has 0 aromatic carbocycles. The summed E-state index contributed by atoms with van der Waals surface area (Å²) in [6.45, 7) is 6.40. The van der Waals surface area contributed by atoms with Crippen molar-refractivity contribution >= 4 is 17.3 Å². The minimum absolute atomic E-state index is 0.554. The molecule has 3 rings (SSSR count). The van der Waals surface area contributed by atoms with Gasteiger partial charge in [0.05, 0.1) is 11.8 Å². The SMILES string of the molecule is CCNc1cn2ccnc2c(N2CCC(C)(O)CC2)n1. The molecule has 6 heteroatoms. The first-order valence-electron chi connectivity index (χ1n) is 7.14. The summed E-state index contributed by atoms with van der Waals surface area (Å²) >= 11 is 0. The molecule has 0 unspecified atom stereocenters. The molecule has 0 atom stereocenters. The van der Waals surface area contributed by atoms with E-state index in [0.29, 0.717) is 0 Å². The van der Waals surface area contributed by atoms with Crippen LogP contribution in [0.25, 0.3) is 5.65 Å². The number of aromatic nitrogens is 3. The molecule has 1 aliphatic rings. The number of imidazole rings is 1. The van der Waals surface area contributed by atoms with Gasteiger partial charge in [0.2, 0.25) is 0 Å². The van der Waals surface area contributed by atoms with Crippen LogP contribution in [0.5, 0.6) is 0 Å². The predicted octanol–water partition coefficient (Wildman–Crippen LogP) is 1.51. The van der Waals surface area contributed by atoms with Crippen LogP contribution in [0, 0.1) is 0 Å². The molecule has 3 heterocycles. The third-order valence-electron chi connectivity index (χ3n) is 3.85. The van der Waals surface area contributed by atoms with Crippen LogP contribution in [0.2, 0.25) is 0 Å². The van der Waals surface area contributed by atoms with E-state index in [2.05, 4.69) is 27.1 Å². The minimum atomic E-state index is -0.554. The van der Waals surface area contributed by atoms with Crippen LogP contribution in [-0.2, 0) is 0 Å². The van der Waals surface area contributed by atoms with E-state index in [0.717, 1.165) is 49.8 Å². The molecule has 0 spiro atoms. The third kappa shape index (κ3) is 2.43. The van der Waals surface area contributed by atoms with Gasteiger partial charge in [-0.2, -0.15) is 0 Å². The fraction of sp³-hybridized carbons (Fsp3) is 0.571. The molecule has 108 valence electrons. The van der Waals surface area contributed by atoms with E-state index >= 15 is 0 Å². The van der Waals surface area contributed by atoms with Gasteiger partial charge in [-0.25, -0.2) is 9.97 Å². The van der Waals surface area contributed by atoms with Gasteiger partial charge in [-0.1, -0.05) is 0 Å². The number of hydrogen-bond acceptors (Lipinski definition) is 5. The van der Waals surface area contributed by atoms with Gasteiger partial charge in [0.1, 0.15) is 5.82 Å². The van der Waals surface area contributed by atoms with Gasteiger partial charge in [0.25, 0.3) is 0 Å². The molecular formula is C14H21N5O. The summed E-state index contributed by atoms with van der Waals surface area (Å²) < 4.78 is 1.99. The monoisotopic (exact) mass is 275 g/mol. The number of rotatable bonds is 3. The summed E-state index contributed by atoms with van der Waals surface area (Å²) in [6, 6.07) is 0. The van der Waals surface area contributed by atoms with Crippen molar-refractivity contribution in [3.8, 4) is 0 Å². The topological polar surface area (TPSA) is 65.7 Å². The summed E-state index contributed by atoms with van der Waals surface area (Å²) in [7, 11) is 0. The summed E-state index contributed by atoms with van der Waals surface area (Å²) in [5.41, 5.74) is 0.315. The quantitative estimate of drug-likeness (QED) is 0.889. The summed E-state index contributed by atoms with van der Waals surface area (Å²) in [4.78, 5) is 11.3. The molecule has 0 aliphatic carbocycles. The Hall–Kier alpha value is -1.82. The standard InChI is InChI=1S/C14H21N5O/c1-3-15-11-10-19-9-6-16-12(19)13(17-11)18-7-4-14(2,20)5-8-18/h6,9-10,15,20H,3-5,7-8H2,1-2H3. The summed E-state index contributed by atoms with van der Waals surface area (Å²) in [5.74, 6) is 1.74. The van der Waals surface area contributed by atoms with Crippen LogP contribution < -0.4 is 10.2 Å². The normalized spacial score (nSPS) is 18.4. The number of anilines is 2. The van der Waals surface area contributed by atoms with Crippen molar-refractivity contribution in [2.75, 3.05) is 29.9 Å². The van der Waals surface area contributed by atoms with Crippen molar-refractivity contribution in [1.29, 1.82) is 0 Å². The van der Waals surface area contributed by atoms with Crippen molar-refractivity contribution < 1.29 is 5.11 Å². The molecule has 2 aromatic rings. The van der Waals surface area contributed by atoms with Gasteiger partial charge in [-0.15, -0.1) is 0 Å². The Balaban J connectivity index is 1.95. The molecule has 0 amide bonds. The Kier molecular flexibility index (Phi) is 3.25. The van der Waals surface area contributed by atoms with E-state index in [4.69, 9.17) is 0 Å². The van der Waals surface area contributed by atoms with Crippen LogP contribution in [0.1, 0.15) is 26.7 Å². The van der Waals surface area contributed by atoms with E-state index in [1.807, 2.05) is 23.7 Å². The molecule has 6 nitrogen and oxygen atoms in total. The number of aliphatic hydroxyl groups is 1. The van der Waals surface area contributed by atoms with E-state index in [1.54, 1.807) is 6.20 Å². The predicted molar refractivity (Wildman–Crippen MR) is 79.2 cm³/mol. The Labute approximate surface area is 118 Å². The zero-order chi connectivity index (χ0) is 14.2. The first kappa shape index (κ1) is 13.2. The highest BCUT2D eigenvalue weighted by Crippen LogP contribution is 2.27. The first-order valence-corrected chi connectivity index (χ1v) is 7.14. The maximum Gasteiger partial charge on any atom is 0.180 e. The highest BCUT2D eigenvalue weighted by atomic mass is 16.3. The van der Waals surface area contributed by atoms with Crippen LogP contribution in [0.4, 0.5) is 11.6 Å². The number of hydrogen-bond donors (Lipinski definition) is 2. The lowest BCUT2D eigenvalue weighted by Crippen LogP contribution is -2.43. The summed E-state index contributed by atoms with van der Waals surface area (Å²) in [5, 5.41) is 13.3. The third-order valence-corrected chi connectivity index (χ3v) is 3.85. The van der Waals surface area contributed by atoms with E-state index in [-0.39, 0.29) is 0 Å². The lowest BCUT2D eigenvalue weighted by Gasteiger charge is -2.36. The van der Waals surface area contributed by atoms with Crippen molar-refractivity contribution in [3.63, 3.8) is 0 Å². The second kappa shape index (κ2) is 4.94. The highest BCUT2D eigenvalue weighted by Gasteiger charge is 2.29. The van der Waals surface area contributed by atoms with Crippen LogP contribution >= 0.6 is 0 Å². The largest absolute Gasteiger partial charge is 0.390 e. The lowest BCUT2D eigenvalue weighted by atomic mass is 9.94. The average Bonchev–Trinajstić information content (AvgIpc) is 2.86. The van der Waals surface area contributed by atoms with E-state index < -0.39 is 5.60 Å². The molecule has 1 saturated heterocycles. The smallest absolute Gasteiger partial charge is 0.180 e. The van der Waals surface area contributed by atoms with Crippen LogP contribution in [0.3, 0.4) is 0 Å². The molecule has 0 radical (unpaired) electrons. The zero-order valence-corrected chi connectivity index (χ0v) is 12.0. The van der Waals surface area contributed by atoms with Crippen molar-refractivity contribution in [1.82, 2.24) is 14.4 Å². The fourth-order valence-electron chi connectivity index (χ4n) is 2.59. The number of nitrogens with one attached hydrogen (secondary N) is 1. The molecular weight excluding hydrogens is 254 g/mol. The first-order chi connectivity index (χ1) is 9.59. The molecule has 1 fully saturated rings. The molecule has 20 heavy (non-hydrogen) atoms. The molecule has 2 N–H and O–H groups in total. The second-order valence-corrected chi connectivity index (χ2v) is 5.62. The van der Waals surface area contributed by atoms with Gasteiger partial charge >= 0.3 is 0 Å². The number of piperidine rings is 1. The average molecular weight is 275 g/mol. The second-order valence-electron chi connectivity index (χ2n) is 5.62. The maximum atomic E-state index is 10.1. The highest BCUT2D eigenvalue weighted by molar-refractivity contribution is 5.67. The van der Waals surface area contributed by atoms with E-state index in [1.165, 1.54) is 0 Å². The van der Waals surface area contributed by atoms with E-state index in [9.17, 15) is 5.11 Å². The molecule has 2 aromatic heterocycles. The maximum absolute atomic E-state index is 10.1. The Morgan fingerprint density at radius 1 is 1.40 bits per heavy atom.